The third-order valence-electron chi connectivity index (χ3n) is 2.15. The molecule has 6 heteroatoms. The number of aromatic nitrogens is 2. The van der Waals surface area contributed by atoms with E-state index >= 15 is 0 Å². The number of nitrogens with one attached hydrogen (secondary N) is 2. The van der Waals surface area contributed by atoms with Crippen LogP contribution in [-0.4, -0.2) is 35.2 Å². The van der Waals surface area contributed by atoms with Gasteiger partial charge in [0, 0.05) is 12.6 Å². The van der Waals surface area contributed by atoms with Crippen LogP contribution in [-0.2, 0) is 4.79 Å². The first-order valence-electron chi connectivity index (χ1n) is 5.37. The Morgan fingerprint density at radius 1 is 1.69 bits per heavy atom. The summed E-state index contributed by atoms with van der Waals surface area (Å²) in [5.74, 6) is 0.469. The van der Waals surface area contributed by atoms with Crippen molar-refractivity contribution >= 4 is 17.4 Å². The van der Waals surface area contributed by atoms with Crippen molar-refractivity contribution < 1.29 is 4.79 Å². The molecular formula is C10H19N5O. The monoisotopic (exact) mass is 225 g/mol. The van der Waals surface area contributed by atoms with Gasteiger partial charge in [-0.2, -0.15) is 5.10 Å². The molecule has 90 valence electrons. The van der Waals surface area contributed by atoms with Crippen molar-refractivity contribution in [2.45, 2.75) is 26.8 Å². The van der Waals surface area contributed by atoms with E-state index in [1.54, 1.807) is 6.20 Å². The zero-order valence-electron chi connectivity index (χ0n) is 9.95. The molecule has 0 aromatic carbocycles. The minimum Gasteiger partial charge on any atom is -0.382 e. The fraction of sp³-hybridized carbons (Fsp3) is 0.600. The summed E-state index contributed by atoms with van der Waals surface area (Å²) in [6.45, 7) is 6.82. The summed E-state index contributed by atoms with van der Waals surface area (Å²) in [7, 11) is 0. The van der Waals surface area contributed by atoms with Gasteiger partial charge in [0.1, 0.15) is 5.82 Å². The number of anilines is 2. The standard InChI is InChI=1S/C10H19N5O/c1-4-15(6-9(16)13-7(2)3)8-5-12-14-10(8)11/h5,7H,4,6H2,1-3H3,(H,13,16)(H3,11,12,14). The molecule has 0 aliphatic carbocycles. The lowest BCUT2D eigenvalue weighted by Crippen LogP contribution is -2.40. The largest absolute Gasteiger partial charge is 0.382 e. The van der Waals surface area contributed by atoms with Gasteiger partial charge in [0.15, 0.2) is 0 Å². The number of nitrogens with two attached hydrogens (primary N) is 1. The van der Waals surface area contributed by atoms with E-state index in [2.05, 4.69) is 15.5 Å². The number of hydrogen-bond acceptors (Lipinski definition) is 4. The second kappa shape index (κ2) is 5.39. The topological polar surface area (TPSA) is 87.0 Å². The number of aromatic amines is 1. The van der Waals surface area contributed by atoms with Crippen LogP contribution in [0.15, 0.2) is 6.20 Å². The predicted molar refractivity (Wildman–Crippen MR) is 64.2 cm³/mol. The lowest BCUT2D eigenvalue weighted by Gasteiger charge is -2.21. The summed E-state index contributed by atoms with van der Waals surface area (Å²) < 4.78 is 0. The summed E-state index contributed by atoms with van der Waals surface area (Å²) in [4.78, 5) is 13.5. The van der Waals surface area contributed by atoms with Crippen molar-refractivity contribution in [3.63, 3.8) is 0 Å². The number of nitrogen functional groups attached to an aromatic ring is 1. The van der Waals surface area contributed by atoms with E-state index in [1.165, 1.54) is 0 Å². The third kappa shape index (κ3) is 3.15. The van der Waals surface area contributed by atoms with E-state index in [0.717, 1.165) is 5.69 Å². The number of rotatable bonds is 5. The molecule has 0 aliphatic heterocycles. The summed E-state index contributed by atoms with van der Waals surface area (Å²) in [5.41, 5.74) is 6.47. The Morgan fingerprint density at radius 3 is 2.81 bits per heavy atom. The molecule has 0 saturated heterocycles. The van der Waals surface area contributed by atoms with E-state index in [0.29, 0.717) is 18.9 Å². The molecule has 0 atom stereocenters. The molecule has 0 spiro atoms. The first-order valence-corrected chi connectivity index (χ1v) is 5.37. The lowest BCUT2D eigenvalue weighted by molar-refractivity contribution is -0.120. The van der Waals surface area contributed by atoms with Crippen molar-refractivity contribution in [3.05, 3.63) is 6.20 Å². The molecule has 1 amide bonds. The molecule has 1 aromatic heterocycles. The maximum absolute atomic E-state index is 11.6. The molecule has 6 nitrogen and oxygen atoms in total. The van der Waals surface area contributed by atoms with Gasteiger partial charge in [-0.05, 0) is 20.8 Å². The minimum atomic E-state index is -0.0162. The molecule has 1 heterocycles. The average molecular weight is 225 g/mol. The van der Waals surface area contributed by atoms with Crippen LogP contribution in [0.1, 0.15) is 20.8 Å². The van der Waals surface area contributed by atoms with Gasteiger partial charge in [0.25, 0.3) is 0 Å². The molecule has 0 bridgehead atoms. The highest BCUT2D eigenvalue weighted by atomic mass is 16.2. The Hall–Kier alpha value is -1.72. The smallest absolute Gasteiger partial charge is 0.239 e. The zero-order chi connectivity index (χ0) is 12.1. The fourth-order valence-corrected chi connectivity index (χ4v) is 1.45. The van der Waals surface area contributed by atoms with Crippen molar-refractivity contribution in [1.29, 1.82) is 0 Å². The van der Waals surface area contributed by atoms with Gasteiger partial charge in [-0.25, -0.2) is 0 Å². The van der Waals surface area contributed by atoms with Crippen LogP contribution in [0.5, 0.6) is 0 Å². The third-order valence-corrected chi connectivity index (χ3v) is 2.15. The zero-order valence-corrected chi connectivity index (χ0v) is 9.95. The van der Waals surface area contributed by atoms with Crippen LogP contribution < -0.4 is 16.0 Å². The Morgan fingerprint density at radius 2 is 2.38 bits per heavy atom. The highest BCUT2D eigenvalue weighted by Crippen LogP contribution is 2.18. The fourth-order valence-electron chi connectivity index (χ4n) is 1.45. The second-order valence-corrected chi connectivity index (χ2v) is 3.91. The van der Waals surface area contributed by atoms with E-state index in [1.807, 2.05) is 25.7 Å². The quantitative estimate of drug-likeness (QED) is 0.674. The van der Waals surface area contributed by atoms with Crippen LogP contribution >= 0.6 is 0 Å². The highest BCUT2D eigenvalue weighted by molar-refractivity contribution is 5.82. The molecule has 0 radical (unpaired) electrons. The molecule has 1 rings (SSSR count). The number of nitrogens with zero attached hydrogens (tertiary/aromatic N) is 2. The molecule has 16 heavy (non-hydrogen) atoms. The molecule has 0 fully saturated rings. The Labute approximate surface area is 95.2 Å². The van der Waals surface area contributed by atoms with Gasteiger partial charge >= 0.3 is 0 Å². The van der Waals surface area contributed by atoms with E-state index < -0.39 is 0 Å². The van der Waals surface area contributed by atoms with Crippen LogP contribution in [0.25, 0.3) is 0 Å². The van der Waals surface area contributed by atoms with Gasteiger partial charge < -0.3 is 16.0 Å². The van der Waals surface area contributed by atoms with Crippen LogP contribution in [0.3, 0.4) is 0 Å². The summed E-state index contributed by atoms with van der Waals surface area (Å²) >= 11 is 0. The number of carbonyl (C=O) groups excluding carboxylic acids is 1. The van der Waals surface area contributed by atoms with Gasteiger partial charge in [0.2, 0.25) is 5.91 Å². The van der Waals surface area contributed by atoms with Gasteiger partial charge in [-0.15, -0.1) is 0 Å². The SMILES string of the molecule is CCN(CC(=O)NC(C)C)c1cn[nH]c1N. The number of likely N-dealkylation sites (N-methyl/N-ethyl adjacent to an activating group) is 1. The van der Waals surface area contributed by atoms with Gasteiger partial charge in [0.05, 0.1) is 18.4 Å². The predicted octanol–water partition coefficient (Wildman–Crippen LogP) is 0.343. The van der Waals surface area contributed by atoms with E-state index in [-0.39, 0.29) is 11.9 Å². The van der Waals surface area contributed by atoms with Crippen LogP contribution in [0, 0.1) is 0 Å². The normalized spacial score (nSPS) is 10.5. The number of H-pyrrole nitrogens is 1. The maximum Gasteiger partial charge on any atom is 0.239 e. The molecular weight excluding hydrogens is 206 g/mol. The Bertz CT molecular complexity index is 347. The molecule has 0 saturated carbocycles. The Balaban J connectivity index is 2.63. The van der Waals surface area contributed by atoms with Crippen LogP contribution in [0.4, 0.5) is 11.5 Å². The molecule has 4 N–H and O–H groups in total. The molecule has 0 aliphatic rings. The first-order chi connectivity index (χ1) is 7.54. The van der Waals surface area contributed by atoms with Gasteiger partial charge in [-0.3, -0.25) is 9.89 Å². The highest BCUT2D eigenvalue weighted by Gasteiger charge is 2.14. The second-order valence-electron chi connectivity index (χ2n) is 3.91. The van der Waals surface area contributed by atoms with Crippen molar-refractivity contribution in [2.75, 3.05) is 23.7 Å². The van der Waals surface area contributed by atoms with E-state index in [9.17, 15) is 4.79 Å². The average Bonchev–Trinajstić information content (AvgIpc) is 2.60. The first kappa shape index (κ1) is 12.4. The summed E-state index contributed by atoms with van der Waals surface area (Å²) in [6, 6.07) is 0.146. The van der Waals surface area contributed by atoms with Crippen molar-refractivity contribution in [1.82, 2.24) is 15.5 Å². The summed E-state index contributed by atoms with van der Waals surface area (Å²) in [6.07, 6.45) is 1.63. The van der Waals surface area contributed by atoms with Crippen LogP contribution in [0.2, 0.25) is 0 Å². The van der Waals surface area contributed by atoms with E-state index in [4.69, 9.17) is 5.73 Å². The summed E-state index contributed by atoms with van der Waals surface area (Å²) in [5, 5.41) is 9.32. The molecule has 1 aromatic rings. The van der Waals surface area contributed by atoms with Crippen molar-refractivity contribution in [2.24, 2.45) is 0 Å². The Kier molecular flexibility index (Phi) is 4.16. The number of amides is 1. The molecule has 0 unspecified atom stereocenters. The van der Waals surface area contributed by atoms with Crippen molar-refractivity contribution in [3.8, 4) is 0 Å². The minimum absolute atomic E-state index is 0.0162. The maximum atomic E-state index is 11.6. The number of carbonyl (C=O) groups is 1. The number of hydrogen-bond donors (Lipinski definition) is 3. The van der Waals surface area contributed by atoms with Gasteiger partial charge in [-0.1, -0.05) is 0 Å². The lowest BCUT2D eigenvalue weighted by atomic mass is 10.3.